The highest BCUT2D eigenvalue weighted by Crippen LogP contribution is 2.15. The number of pyridine rings is 1. The normalized spacial score (nSPS) is 10.7. The van der Waals surface area contributed by atoms with Gasteiger partial charge in [0.25, 0.3) is 5.91 Å². The van der Waals surface area contributed by atoms with Crippen molar-refractivity contribution in [3.05, 3.63) is 54.2 Å². The molecule has 0 unspecified atom stereocenters. The molecule has 0 aliphatic heterocycles. The lowest BCUT2D eigenvalue weighted by Crippen LogP contribution is -2.23. The van der Waals surface area contributed by atoms with Gasteiger partial charge in [-0.05, 0) is 12.1 Å². The van der Waals surface area contributed by atoms with E-state index in [9.17, 15) is 4.79 Å². The summed E-state index contributed by atoms with van der Waals surface area (Å²) in [7, 11) is 0. The molecular formula is C13H11N3O2. The van der Waals surface area contributed by atoms with Gasteiger partial charge in [-0.1, -0.05) is 6.07 Å². The van der Waals surface area contributed by atoms with E-state index >= 15 is 0 Å². The maximum Gasteiger partial charge on any atom is 0.268 e. The van der Waals surface area contributed by atoms with Crippen molar-refractivity contribution in [3.8, 4) is 0 Å². The number of amides is 1. The Morgan fingerprint density at radius 2 is 2.33 bits per heavy atom. The molecule has 0 fully saturated rings. The van der Waals surface area contributed by atoms with Crippen LogP contribution in [0.2, 0.25) is 0 Å². The predicted octanol–water partition coefficient (Wildman–Crippen LogP) is 2.09. The smallest absolute Gasteiger partial charge is 0.268 e. The van der Waals surface area contributed by atoms with E-state index in [1.165, 1.54) is 0 Å². The number of fused-ring (bicyclic) bond motifs is 1. The highest BCUT2D eigenvalue weighted by molar-refractivity contribution is 5.96. The number of nitrogens with zero attached hydrogens (tertiary/aromatic N) is 1. The Kier molecular flexibility index (Phi) is 2.57. The molecule has 5 heteroatoms. The number of aromatic nitrogens is 2. The number of hydrogen-bond donors (Lipinski definition) is 2. The molecule has 3 heterocycles. The van der Waals surface area contributed by atoms with Crippen LogP contribution >= 0.6 is 0 Å². The predicted molar refractivity (Wildman–Crippen MR) is 66.0 cm³/mol. The molecule has 0 bridgehead atoms. The fourth-order valence-electron chi connectivity index (χ4n) is 1.74. The van der Waals surface area contributed by atoms with Gasteiger partial charge in [-0.25, -0.2) is 0 Å². The Morgan fingerprint density at radius 1 is 1.39 bits per heavy atom. The van der Waals surface area contributed by atoms with Crippen molar-refractivity contribution in [1.82, 2.24) is 15.3 Å². The number of carbonyl (C=O) groups is 1. The van der Waals surface area contributed by atoms with Gasteiger partial charge in [0.15, 0.2) is 5.58 Å². The quantitative estimate of drug-likeness (QED) is 0.737. The number of carbonyl (C=O) groups excluding carboxylic acids is 1. The van der Waals surface area contributed by atoms with Crippen molar-refractivity contribution in [2.75, 3.05) is 0 Å². The van der Waals surface area contributed by atoms with Crippen LogP contribution in [0.5, 0.6) is 0 Å². The number of rotatable bonds is 3. The van der Waals surface area contributed by atoms with Gasteiger partial charge in [-0.3, -0.25) is 9.78 Å². The average Bonchev–Trinajstić information content (AvgIpc) is 2.98. The molecule has 3 rings (SSSR count). The maximum atomic E-state index is 11.9. The highest BCUT2D eigenvalue weighted by atomic mass is 16.3. The fourth-order valence-corrected chi connectivity index (χ4v) is 1.74. The monoisotopic (exact) mass is 241 g/mol. The van der Waals surface area contributed by atoms with E-state index in [1.807, 2.05) is 18.2 Å². The highest BCUT2D eigenvalue weighted by Gasteiger charge is 2.10. The molecular weight excluding hydrogens is 230 g/mol. The zero-order chi connectivity index (χ0) is 12.4. The third-order valence-electron chi connectivity index (χ3n) is 2.64. The van der Waals surface area contributed by atoms with Crippen molar-refractivity contribution in [1.29, 1.82) is 0 Å². The van der Waals surface area contributed by atoms with Crippen LogP contribution in [0.4, 0.5) is 0 Å². The first-order chi connectivity index (χ1) is 8.83. The topological polar surface area (TPSA) is 70.9 Å². The summed E-state index contributed by atoms with van der Waals surface area (Å²) in [5.74, 6) is -0.174. The molecule has 0 aliphatic carbocycles. The molecule has 3 aromatic heterocycles. The van der Waals surface area contributed by atoms with E-state index in [0.717, 1.165) is 11.2 Å². The Balaban J connectivity index is 1.70. The van der Waals surface area contributed by atoms with Crippen molar-refractivity contribution in [2.45, 2.75) is 6.54 Å². The number of furan rings is 1. The molecule has 3 aromatic rings. The molecule has 0 aromatic carbocycles. The van der Waals surface area contributed by atoms with Crippen molar-refractivity contribution >= 4 is 17.0 Å². The van der Waals surface area contributed by atoms with Crippen LogP contribution in [0.3, 0.4) is 0 Å². The van der Waals surface area contributed by atoms with E-state index in [0.29, 0.717) is 17.8 Å². The van der Waals surface area contributed by atoms with Crippen LogP contribution in [-0.2, 0) is 6.54 Å². The first-order valence-corrected chi connectivity index (χ1v) is 5.57. The lowest BCUT2D eigenvalue weighted by atomic mass is 10.3. The zero-order valence-electron chi connectivity index (χ0n) is 9.51. The van der Waals surface area contributed by atoms with Crippen LogP contribution in [0.15, 0.2) is 47.2 Å². The standard InChI is InChI=1S/C13H11N3O2/c17-13(15-8-9-3-1-2-5-14-9)11-7-12-10(16-11)4-6-18-12/h1-7,16H,8H2,(H,15,17). The van der Waals surface area contributed by atoms with Crippen LogP contribution in [-0.4, -0.2) is 15.9 Å². The summed E-state index contributed by atoms with van der Waals surface area (Å²) in [5, 5.41) is 2.79. The van der Waals surface area contributed by atoms with Gasteiger partial charge >= 0.3 is 0 Å². The van der Waals surface area contributed by atoms with Crippen molar-refractivity contribution in [3.63, 3.8) is 0 Å². The maximum absolute atomic E-state index is 11.9. The van der Waals surface area contributed by atoms with E-state index in [2.05, 4.69) is 15.3 Å². The molecule has 18 heavy (non-hydrogen) atoms. The van der Waals surface area contributed by atoms with Crippen LogP contribution in [0.25, 0.3) is 11.1 Å². The summed E-state index contributed by atoms with van der Waals surface area (Å²) in [4.78, 5) is 19.0. The second kappa shape index (κ2) is 4.37. The molecule has 0 spiro atoms. The van der Waals surface area contributed by atoms with Gasteiger partial charge in [-0.15, -0.1) is 0 Å². The molecule has 90 valence electrons. The van der Waals surface area contributed by atoms with Gasteiger partial charge in [0, 0.05) is 18.3 Å². The molecule has 0 saturated carbocycles. The second-order valence-electron chi connectivity index (χ2n) is 3.89. The molecule has 1 amide bonds. The average molecular weight is 241 g/mol. The minimum atomic E-state index is -0.174. The SMILES string of the molecule is O=C(NCc1ccccn1)c1cc2occc2[nH]1. The van der Waals surface area contributed by atoms with Gasteiger partial charge < -0.3 is 14.7 Å². The molecule has 0 aliphatic rings. The fraction of sp³-hybridized carbons (Fsp3) is 0.0769. The van der Waals surface area contributed by atoms with Crippen LogP contribution < -0.4 is 5.32 Å². The number of aromatic amines is 1. The van der Waals surface area contributed by atoms with Crippen molar-refractivity contribution in [2.24, 2.45) is 0 Å². The van der Waals surface area contributed by atoms with Crippen LogP contribution in [0.1, 0.15) is 16.2 Å². The number of H-pyrrole nitrogens is 1. The summed E-state index contributed by atoms with van der Waals surface area (Å²) in [6.07, 6.45) is 3.28. The zero-order valence-corrected chi connectivity index (χ0v) is 9.51. The lowest BCUT2D eigenvalue weighted by Gasteiger charge is -2.02. The van der Waals surface area contributed by atoms with Gasteiger partial charge in [0.1, 0.15) is 5.69 Å². The van der Waals surface area contributed by atoms with E-state index in [1.54, 1.807) is 24.6 Å². The minimum Gasteiger partial charge on any atom is -0.463 e. The molecule has 0 atom stereocenters. The van der Waals surface area contributed by atoms with E-state index in [4.69, 9.17) is 4.42 Å². The Morgan fingerprint density at radius 3 is 3.11 bits per heavy atom. The summed E-state index contributed by atoms with van der Waals surface area (Å²) in [6.45, 7) is 0.403. The molecule has 2 N–H and O–H groups in total. The van der Waals surface area contributed by atoms with E-state index in [-0.39, 0.29) is 5.91 Å². The minimum absolute atomic E-state index is 0.174. The summed E-state index contributed by atoms with van der Waals surface area (Å²) < 4.78 is 5.19. The number of nitrogens with one attached hydrogen (secondary N) is 2. The third kappa shape index (κ3) is 1.98. The van der Waals surface area contributed by atoms with Crippen LogP contribution in [0, 0.1) is 0 Å². The van der Waals surface area contributed by atoms with Crippen molar-refractivity contribution < 1.29 is 9.21 Å². The largest absolute Gasteiger partial charge is 0.463 e. The summed E-state index contributed by atoms with van der Waals surface area (Å²) >= 11 is 0. The Hall–Kier alpha value is -2.56. The molecule has 5 nitrogen and oxygen atoms in total. The summed E-state index contributed by atoms with van der Waals surface area (Å²) in [6, 6.07) is 9.05. The van der Waals surface area contributed by atoms with Gasteiger partial charge in [0.05, 0.1) is 24.0 Å². The Labute approximate surface area is 103 Å². The number of hydrogen-bond acceptors (Lipinski definition) is 3. The first kappa shape index (κ1) is 10.6. The van der Waals surface area contributed by atoms with E-state index < -0.39 is 0 Å². The summed E-state index contributed by atoms with van der Waals surface area (Å²) in [5.41, 5.74) is 2.80. The first-order valence-electron chi connectivity index (χ1n) is 5.57. The lowest BCUT2D eigenvalue weighted by molar-refractivity contribution is 0.0946. The third-order valence-corrected chi connectivity index (χ3v) is 2.64. The van der Waals surface area contributed by atoms with Gasteiger partial charge in [-0.2, -0.15) is 0 Å². The Bertz CT molecular complexity index is 641. The van der Waals surface area contributed by atoms with Gasteiger partial charge in [0.2, 0.25) is 0 Å². The second-order valence-corrected chi connectivity index (χ2v) is 3.89. The molecule has 0 radical (unpaired) electrons. The molecule has 0 saturated heterocycles.